The molecule has 0 aromatic heterocycles. The van der Waals surface area contributed by atoms with Gasteiger partial charge in [0.15, 0.2) is 11.9 Å². The van der Waals surface area contributed by atoms with Gasteiger partial charge < -0.3 is 4.74 Å². The minimum Gasteiger partial charge on any atom is -0.475 e. The summed E-state index contributed by atoms with van der Waals surface area (Å²) < 4.78 is 33.0. The van der Waals surface area contributed by atoms with Crippen molar-refractivity contribution < 1.29 is 22.9 Å². The van der Waals surface area contributed by atoms with E-state index in [1.165, 1.54) is 23.4 Å². The third kappa shape index (κ3) is 4.65. The summed E-state index contributed by atoms with van der Waals surface area (Å²) in [5, 5.41) is 11.5. The molecule has 1 atom stereocenters. The van der Waals surface area contributed by atoms with E-state index in [0.717, 1.165) is 23.4 Å². The Balaban J connectivity index is 1.86. The van der Waals surface area contributed by atoms with Crippen LogP contribution in [0.2, 0.25) is 0 Å². The smallest absolute Gasteiger partial charge is 0.312 e. The summed E-state index contributed by atoms with van der Waals surface area (Å²) in [6.07, 6.45) is 0.534. The topological polar surface area (TPSA) is 107 Å². The van der Waals surface area contributed by atoms with Gasteiger partial charge >= 0.3 is 5.69 Å². The van der Waals surface area contributed by atoms with Gasteiger partial charge in [-0.15, -0.1) is 0 Å². The van der Waals surface area contributed by atoms with Crippen LogP contribution >= 0.6 is 15.9 Å². The molecule has 0 N–H and O–H groups in total. The van der Waals surface area contributed by atoms with E-state index >= 15 is 0 Å². The first-order chi connectivity index (χ1) is 13.7. The Labute approximate surface area is 176 Å². The molecular formula is C19H19BrN2O6S. The van der Waals surface area contributed by atoms with Gasteiger partial charge in [-0.25, -0.2) is 8.42 Å². The fourth-order valence-corrected chi connectivity index (χ4v) is 4.87. The molecule has 1 aliphatic rings. The van der Waals surface area contributed by atoms with E-state index in [4.69, 9.17) is 4.74 Å². The van der Waals surface area contributed by atoms with Crippen molar-refractivity contribution in [2.75, 3.05) is 13.1 Å². The van der Waals surface area contributed by atoms with Crippen molar-refractivity contribution >= 4 is 37.4 Å². The van der Waals surface area contributed by atoms with Crippen molar-refractivity contribution in [1.29, 1.82) is 0 Å². The molecule has 8 nitrogen and oxygen atoms in total. The van der Waals surface area contributed by atoms with Gasteiger partial charge in [0.2, 0.25) is 15.8 Å². The number of Topliss-reactive ketones (excluding diaryl/α,β-unsaturated/α-hetero) is 1. The Kier molecular flexibility index (Phi) is 6.35. The second-order valence-corrected chi connectivity index (χ2v) is 9.48. The van der Waals surface area contributed by atoms with Gasteiger partial charge in [0.05, 0.1) is 9.82 Å². The third-order valence-corrected chi connectivity index (χ3v) is 7.05. The Morgan fingerprint density at radius 3 is 2.38 bits per heavy atom. The molecule has 0 radical (unpaired) electrons. The zero-order valence-electron chi connectivity index (χ0n) is 15.6. The second-order valence-electron chi connectivity index (χ2n) is 6.63. The average Bonchev–Trinajstić information content (AvgIpc) is 3.23. The molecule has 2 aromatic carbocycles. The molecule has 2 aromatic rings. The maximum absolute atomic E-state index is 12.7. The summed E-state index contributed by atoms with van der Waals surface area (Å²) in [5.41, 5.74) is -0.0997. The zero-order valence-corrected chi connectivity index (χ0v) is 18.0. The molecule has 0 bridgehead atoms. The van der Waals surface area contributed by atoms with Gasteiger partial charge in [-0.2, -0.15) is 4.31 Å². The summed E-state index contributed by atoms with van der Waals surface area (Å²) in [6, 6.07) is 10.1. The summed E-state index contributed by atoms with van der Waals surface area (Å²) in [7, 11) is -3.80. The fourth-order valence-electron chi connectivity index (χ4n) is 3.07. The molecule has 0 saturated carbocycles. The summed E-state index contributed by atoms with van der Waals surface area (Å²) in [6.45, 7) is 2.28. The third-order valence-electron chi connectivity index (χ3n) is 4.63. The number of halogens is 1. The van der Waals surface area contributed by atoms with E-state index in [-0.39, 0.29) is 16.4 Å². The maximum Gasteiger partial charge on any atom is 0.312 e. The Hall–Kier alpha value is -2.30. The van der Waals surface area contributed by atoms with Crippen LogP contribution in [-0.4, -0.2) is 42.6 Å². The Morgan fingerprint density at radius 2 is 1.79 bits per heavy atom. The van der Waals surface area contributed by atoms with Crippen LogP contribution in [0.5, 0.6) is 5.75 Å². The van der Waals surface area contributed by atoms with E-state index in [9.17, 15) is 23.3 Å². The number of hydrogen-bond acceptors (Lipinski definition) is 6. The van der Waals surface area contributed by atoms with E-state index in [0.29, 0.717) is 18.7 Å². The summed E-state index contributed by atoms with van der Waals surface area (Å²) in [5.74, 6) is -0.506. The summed E-state index contributed by atoms with van der Waals surface area (Å²) in [4.78, 5) is 23.2. The molecule has 1 unspecified atom stereocenters. The van der Waals surface area contributed by atoms with Crippen LogP contribution in [0.3, 0.4) is 0 Å². The van der Waals surface area contributed by atoms with Crippen LogP contribution in [0, 0.1) is 10.1 Å². The lowest BCUT2D eigenvalue weighted by Gasteiger charge is -2.17. The first kappa shape index (κ1) is 21.4. The number of ether oxygens (including phenoxy) is 1. The molecule has 10 heteroatoms. The molecule has 0 spiro atoms. The predicted octanol–water partition coefficient (Wildman–Crippen LogP) is 3.79. The highest BCUT2D eigenvalue weighted by molar-refractivity contribution is 9.10. The van der Waals surface area contributed by atoms with Crippen molar-refractivity contribution in [2.24, 2.45) is 0 Å². The molecule has 1 saturated heterocycles. The molecule has 0 aliphatic carbocycles. The molecule has 1 fully saturated rings. The normalized spacial score (nSPS) is 15.8. The highest BCUT2D eigenvalue weighted by Gasteiger charge is 2.30. The van der Waals surface area contributed by atoms with Crippen LogP contribution in [0.15, 0.2) is 51.8 Å². The van der Waals surface area contributed by atoms with Crippen LogP contribution in [0.1, 0.15) is 30.1 Å². The van der Waals surface area contributed by atoms with Crippen molar-refractivity contribution in [3.8, 4) is 5.75 Å². The Morgan fingerprint density at radius 1 is 1.17 bits per heavy atom. The van der Waals surface area contributed by atoms with Crippen LogP contribution in [0.25, 0.3) is 0 Å². The monoisotopic (exact) mass is 482 g/mol. The van der Waals surface area contributed by atoms with Crippen LogP contribution in [0.4, 0.5) is 5.69 Å². The van der Waals surface area contributed by atoms with Crippen molar-refractivity contribution in [2.45, 2.75) is 30.8 Å². The highest BCUT2D eigenvalue weighted by Crippen LogP contribution is 2.32. The number of hydrogen-bond donors (Lipinski definition) is 0. The fraction of sp³-hybridized carbons (Fsp3) is 0.316. The maximum atomic E-state index is 12.7. The van der Waals surface area contributed by atoms with Gasteiger partial charge in [-0.3, -0.25) is 14.9 Å². The number of sulfonamides is 1. The number of benzene rings is 2. The molecule has 1 aliphatic heterocycles. The zero-order chi connectivity index (χ0) is 21.2. The van der Waals surface area contributed by atoms with E-state index in [1.54, 1.807) is 24.3 Å². The number of carbonyl (C=O) groups excluding carboxylic acids is 1. The van der Waals surface area contributed by atoms with E-state index < -0.39 is 26.7 Å². The number of nitrogens with zero attached hydrogens (tertiary/aromatic N) is 2. The standard InChI is InChI=1S/C19H19BrN2O6S/c1-13(19(23)14-4-6-15(20)7-5-14)28-18-9-8-16(12-17(18)22(24)25)29(26,27)21-10-2-3-11-21/h4-9,12-13H,2-3,10-11H2,1H3. The van der Waals surface area contributed by atoms with Crippen LogP contribution in [-0.2, 0) is 10.0 Å². The van der Waals surface area contributed by atoms with Gasteiger partial charge in [0.25, 0.3) is 0 Å². The largest absolute Gasteiger partial charge is 0.475 e. The van der Waals surface area contributed by atoms with Gasteiger partial charge in [-0.05, 0) is 44.0 Å². The second kappa shape index (κ2) is 8.60. The first-order valence-electron chi connectivity index (χ1n) is 8.95. The number of nitro benzene ring substituents is 1. The minimum atomic E-state index is -3.80. The van der Waals surface area contributed by atoms with Gasteiger partial charge in [-0.1, -0.05) is 28.1 Å². The SMILES string of the molecule is CC(Oc1ccc(S(=O)(=O)N2CCCC2)cc1[N+](=O)[O-])C(=O)c1ccc(Br)cc1. The molecule has 3 rings (SSSR count). The molecule has 0 amide bonds. The minimum absolute atomic E-state index is 0.159. The van der Waals surface area contributed by atoms with Crippen molar-refractivity contribution in [1.82, 2.24) is 4.31 Å². The van der Waals surface area contributed by atoms with Crippen LogP contribution < -0.4 is 4.74 Å². The van der Waals surface area contributed by atoms with E-state index in [1.807, 2.05) is 0 Å². The summed E-state index contributed by atoms with van der Waals surface area (Å²) >= 11 is 3.29. The quantitative estimate of drug-likeness (QED) is 0.337. The number of rotatable bonds is 7. The highest BCUT2D eigenvalue weighted by atomic mass is 79.9. The number of carbonyl (C=O) groups is 1. The van der Waals surface area contributed by atoms with Gasteiger partial charge in [0, 0.05) is 29.2 Å². The van der Waals surface area contributed by atoms with Crippen molar-refractivity contribution in [3.63, 3.8) is 0 Å². The molecule has 1 heterocycles. The Bertz CT molecular complexity index is 1030. The lowest BCUT2D eigenvalue weighted by Crippen LogP contribution is -2.28. The van der Waals surface area contributed by atoms with Crippen molar-refractivity contribution in [3.05, 3.63) is 62.6 Å². The predicted molar refractivity (Wildman–Crippen MR) is 110 cm³/mol. The van der Waals surface area contributed by atoms with E-state index in [2.05, 4.69) is 15.9 Å². The molecule has 29 heavy (non-hydrogen) atoms. The lowest BCUT2D eigenvalue weighted by molar-refractivity contribution is -0.386. The number of ketones is 1. The number of nitro groups is 1. The molecule has 154 valence electrons. The lowest BCUT2D eigenvalue weighted by atomic mass is 10.1. The van der Waals surface area contributed by atoms with Gasteiger partial charge in [0.1, 0.15) is 0 Å². The average molecular weight is 483 g/mol. The first-order valence-corrected chi connectivity index (χ1v) is 11.2. The molecular weight excluding hydrogens is 464 g/mol.